The Morgan fingerprint density at radius 2 is 1.84 bits per heavy atom. The third-order valence-electron chi connectivity index (χ3n) is 8.68. The molecule has 2 unspecified atom stereocenters. The minimum Gasteiger partial charge on any atom is -0.480 e. The second-order valence-electron chi connectivity index (χ2n) is 11.6. The first kappa shape index (κ1) is 32.8. The normalized spacial score (nSPS) is 20.7. The number of nitrogens with one attached hydrogen (secondary N) is 1. The van der Waals surface area contributed by atoms with E-state index in [4.69, 9.17) is 22.1 Å². The molecule has 3 heterocycles. The number of hydrogen-bond donors (Lipinski definition) is 3. The van der Waals surface area contributed by atoms with Gasteiger partial charge in [-0.25, -0.2) is 8.42 Å². The van der Waals surface area contributed by atoms with E-state index in [0.717, 1.165) is 12.7 Å². The number of nitrogen functional groups attached to an aromatic ring is 1. The van der Waals surface area contributed by atoms with Crippen molar-refractivity contribution < 1.29 is 36.2 Å². The third kappa shape index (κ3) is 6.97. The van der Waals surface area contributed by atoms with Crippen LogP contribution in [0, 0.1) is 5.41 Å². The lowest BCUT2D eigenvalue weighted by Crippen LogP contribution is -2.46. The number of benzene rings is 2. The number of alkyl halides is 3. The monoisotopic (exact) mass is 667 g/mol. The number of sulfone groups is 1. The van der Waals surface area contributed by atoms with Crippen molar-refractivity contribution in [3.8, 4) is 17.0 Å². The summed E-state index contributed by atoms with van der Waals surface area (Å²) >= 11 is 6.17. The Hall–Kier alpha value is -3.62. The maximum Gasteiger partial charge on any atom is 0.429 e. The summed E-state index contributed by atoms with van der Waals surface area (Å²) in [6.07, 6.45) is -3.73. The quantitative estimate of drug-likeness (QED) is 0.290. The van der Waals surface area contributed by atoms with Crippen LogP contribution in [0.15, 0.2) is 53.4 Å². The van der Waals surface area contributed by atoms with Gasteiger partial charge in [0.15, 0.2) is 9.84 Å². The highest BCUT2D eigenvalue weighted by Gasteiger charge is 2.50. The molecule has 242 valence electrons. The molecule has 5 rings (SSSR count). The van der Waals surface area contributed by atoms with E-state index in [1.807, 2.05) is 11.8 Å². The molecule has 2 aliphatic rings. The maximum atomic E-state index is 14.6. The maximum absolute atomic E-state index is 14.6. The molecule has 1 aromatic heterocycles. The van der Waals surface area contributed by atoms with Crippen molar-refractivity contribution in [1.82, 2.24) is 15.3 Å². The Kier molecular flexibility index (Phi) is 8.95. The number of nitrogens with two attached hydrogens (primary N) is 1. The van der Waals surface area contributed by atoms with Gasteiger partial charge in [-0.3, -0.25) is 4.79 Å². The van der Waals surface area contributed by atoms with Crippen molar-refractivity contribution in [3.63, 3.8) is 0 Å². The molecule has 3 atom stereocenters. The molecule has 2 aliphatic heterocycles. The number of anilines is 2. The zero-order valence-electron chi connectivity index (χ0n) is 24.5. The number of carbonyl (C=O) groups is 1. The Morgan fingerprint density at radius 1 is 1.18 bits per heavy atom. The number of halogens is 4. The summed E-state index contributed by atoms with van der Waals surface area (Å²) in [5.41, 5.74) is 5.87. The highest BCUT2D eigenvalue weighted by atomic mass is 35.5. The summed E-state index contributed by atoms with van der Waals surface area (Å²) in [6, 6.07) is 10.0. The minimum absolute atomic E-state index is 0.0159. The van der Waals surface area contributed by atoms with Crippen LogP contribution < -0.4 is 20.7 Å². The van der Waals surface area contributed by atoms with Crippen LogP contribution in [0.1, 0.15) is 44.3 Å². The Bertz CT molecular complexity index is 1680. The molecule has 4 N–H and O–H groups in total. The standard InChI is InChI=1S/C30H33ClF3N5O5S/c1-3-23-29(16-22(36-23)27(40)41)10-12-39(13-11-29)24-15-25(38-28(35)37-24)44-26(30(32,33)34)20-9-6-18(31)14-21(20)17-4-7-19(8-5-17)45(2,42)43/h4-9,14-15,22-23,26,36H,3,10-13,16H2,1-2H3,(H,40,41)(H2,35,37,38)/t22?,23?,26-/m1/s1. The van der Waals surface area contributed by atoms with Gasteiger partial charge in [-0.15, -0.1) is 0 Å². The SMILES string of the molecule is CCC1NC(C(=O)O)CC12CCN(c1cc(O[C@H](c3ccc(Cl)cc3-c3ccc(S(C)(=O)=O)cc3)C(F)(F)F)nc(N)n1)CC2. The van der Waals surface area contributed by atoms with Gasteiger partial charge in [0.1, 0.15) is 11.9 Å². The largest absolute Gasteiger partial charge is 0.480 e. The highest BCUT2D eigenvalue weighted by Crippen LogP contribution is 2.46. The molecule has 1 spiro atoms. The second-order valence-corrected chi connectivity index (χ2v) is 14.0. The van der Waals surface area contributed by atoms with Crippen molar-refractivity contribution in [1.29, 1.82) is 0 Å². The number of rotatable bonds is 8. The molecule has 3 aromatic rings. The van der Waals surface area contributed by atoms with E-state index in [1.54, 1.807) is 0 Å². The molecule has 0 saturated carbocycles. The number of carboxylic acid groups (broad SMARTS) is 1. The molecule has 0 radical (unpaired) electrons. The van der Waals surface area contributed by atoms with E-state index in [9.17, 15) is 31.5 Å². The summed E-state index contributed by atoms with van der Waals surface area (Å²) in [5, 5.41) is 13.0. The van der Waals surface area contributed by atoms with Gasteiger partial charge in [0.05, 0.1) is 4.90 Å². The Labute approximate surface area is 263 Å². The Morgan fingerprint density at radius 3 is 2.42 bits per heavy atom. The molecule has 2 aromatic carbocycles. The van der Waals surface area contributed by atoms with Gasteiger partial charge in [0.25, 0.3) is 0 Å². The molecule has 45 heavy (non-hydrogen) atoms. The van der Waals surface area contributed by atoms with E-state index in [-0.39, 0.29) is 44.3 Å². The zero-order chi connectivity index (χ0) is 32.7. The van der Waals surface area contributed by atoms with Gasteiger partial charge in [-0.05, 0) is 66.5 Å². The second kappa shape index (κ2) is 12.3. The van der Waals surface area contributed by atoms with E-state index in [2.05, 4.69) is 15.3 Å². The summed E-state index contributed by atoms with van der Waals surface area (Å²) in [5.74, 6) is -1.23. The van der Waals surface area contributed by atoms with Crippen molar-refractivity contribution in [2.45, 2.75) is 61.9 Å². The number of aliphatic carboxylic acids is 1. The van der Waals surface area contributed by atoms with Gasteiger partial charge in [-0.1, -0.05) is 36.7 Å². The first-order valence-corrected chi connectivity index (χ1v) is 16.6. The van der Waals surface area contributed by atoms with Crippen LogP contribution in [0.2, 0.25) is 5.02 Å². The topological polar surface area (TPSA) is 148 Å². The molecular weight excluding hydrogens is 635 g/mol. The third-order valence-corrected chi connectivity index (χ3v) is 10.0. The van der Waals surface area contributed by atoms with Gasteiger partial charge in [0, 0.05) is 42.0 Å². The van der Waals surface area contributed by atoms with E-state index in [1.165, 1.54) is 48.5 Å². The summed E-state index contributed by atoms with van der Waals surface area (Å²) in [6.45, 7) is 3.00. The minimum atomic E-state index is -4.89. The fourth-order valence-electron chi connectivity index (χ4n) is 6.44. The van der Waals surface area contributed by atoms with Crippen LogP contribution in [0.3, 0.4) is 0 Å². The molecule has 0 amide bonds. The molecular formula is C30H33ClF3N5O5S. The number of carboxylic acids is 1. The van der Waals surface area contributed by atoms with E-state index >= 15 is 0 Å². The van der Waals surface area contributed by atoms with Crippen molar-refractivity contribution >= 4 is 39.2 Å². The van der Waals surface area contributed by atoms with Crippen LogP contribution in [0.5, 0.6) is 5.88 Å². The predicted molar refractivity (Wildman–Crippen MR) is 163 cm³/mol. The fourth-order valence-corrected chi connectivity index (χ4v) is 7.24. The molecule has 0 bridgehead atoms. The molecule has 0 aliphatic carbocycles. The average Bonchev–Trinajstić information content (AvgIpc) is 3.33. The predicted octanol–water partition coefficient (Wildman–Crippen LogP) is 5.28. The molecule has 2 saturated heterocycles. The van der Waals surface area contributed by atoms with Crippen LogP contribution in [-0.2, 0) is 14.6 Å². The lowest BCUT2D eigenvalue weighted by molar-refractivity contribution is -0.198. The number of piperidine rings is 1. The lowest BCUT2D eigenvalue weighted by Gasteiger charge is -2.43. The van der Waals surface area contributed by atoms with Gasteiger partial charge < -0.3 is 25.8 Å². The Balaban J connectivity index is 1.42. The van der Waals surface area contributed by atoms with E-state index < -0.39 is 34.1 Å². The number of ether oxygens (including phenoxy) is 1. The van der Waals surface area contributed by atoms with Crippen LogP contribution in [0.25, 0.3) is 11.1 Å². The first-order valence-electron chi connectivity index (χ1n) is 14.3. The number of aromatic nitrogens is 2. The molecule has 15 heteroatoms. The lowest BCUT2D eigenvalue weighted by atomic mass is 9.71. The summed E-state index contributed by atoms with van der Waals surface area (Å²) in [7, 11) is -3.52. The summed E-state index contributed by atoms with van der Waals surface area (Å²) < 4.78 is 73.2. The van der Waals surface area contributed by atoms with Crippen LogP contribution in [0.4, 0.5) is 24.9 Å². The first-order chi connectivity index (χ1) is 21.1. The number of hydrogen-bond acceptors (Lipinski definition) is 9. The summed E-state index contributed by atoms with van der Waals surface area (Å²) in [4.78, 5) is 21.8. The van der Waals surface area contributed by atoms with Gasteiger partial charge in [0.2, 0.25) is 17.9 Å². The number of nitrogens with zero attached hydrogens (tertiary/aromatic N) is 3. The zero-order valence-corrected chi connectivity index (χ0v) is 26.1. The van der Waals surface area contributed by atoms with E-state index in [0.29, 0.717) is 43.7 Å². The van der Waals surface area contributed by atoms with Crippen molar-refractivity contribution in [3.05, 3.63) is 59.1 Å². The van der Waals surface area contributed by atoms with Crippen LogP contribution >= 0.6 is 11.6 Å². The molecule has 10 nitrogen and oxygen atoms in total. The average molecular weight is 668 g/mol. The van der Waals surface area contributed by atoms with Crippen LogP contribution in [-0.4, -0.2) is 67.1 Å². The highest BCUT2D eigenvalue weighted by molar-refractivity contribution is 7.90. The van der Waals surface area contributed by atoms with Gasteiger partial charge in [-0.2, -0.15) is 23.1 Å². The van der Waals surface area contributed by atoms with Crippen molar-refractivity contribution in [2.24, 2.45) is 5.41 Å². The fraction of sp³-hybridized carbons (Fsp3) is 0.433. The smallest absolute Gasteiger partial charge is 0.429 e. The van der Waals surface area contributed by atoms with Crippen molar-refractivity contribution in [2.75, 3.05) is 30.0 Å². The molecule has 2 fully saturated rings. The van der Waals surface area contributed by atoms with Gasteiger partial charge >= 0.3 is 12.1 Å².